The van der Waals surface area contributed by atoms with Gasteiger partial charge in [0.05, 0.1) is 0 Å². The molecule has 0 aromatic carbocycles. The molecule has 1 unspecified atom stereocenters. The fraction of sp³-hybridized carbons (Fsp3) is 1.00. The quantitative estimate of drug-likeness (QED) is 0.631. The molecule has 0 amide bonds. The molecule has 11 heavy (non-hydrogen) atoms. The van der Waals surface area contributed by atoms with Crippen LogP contribution in [-0.2, 0) is 0 Å². The summed E-state index contributed by atoms with van der Waals surface area (Å²) in [6.07, 6.45) is 2.51. The van der Waals surface area contributed by atoms with Crippen LogP contribution in [0.1, 0.15) is 26.7 Å². The highest BCUT2D eigenvalue weighted by atomic mass is 15.1. The lowest BCUT2D eigenvalue weighted by Gasteiger charge is -2.20. The van der Waals surface area contributed by atoms with Crippen LogP contribution in [0.4, 0.5) is 0 Å². The number of nitrogens with zero attached hydrogens (tertiary/aromatic N) is 1. The minimum atomic E-state index is 0.699. The maximum Gasteiger partial charge on any atom is 0.00185 e. The van der Waals surface area contributed by atoms with E-state index in [1.54, 1.807) is 0 Å². The second-order valence-corrected chi connectivity index (χ2v) is 3.25. The van der Waals surface area contributed by atoms with Crippen LogP contribution in [-0.4, -0.2) is 31.6 Å². The molecule has 0 fully saturated rings. The number of nitrogens with two attached hydrogens (primary N) is 1. The van der Waals surface area contributed by atoms with Gasteiger partial charge in [0.25, 0.3) is 0 Å². The zero-order valence-corrected chi connectivity index (χ0v) is 8.14. The SMILES string of the molecule is CCCC(CN)CN(C)CC. The van der Waals surface area contributed by atoms with E-state index < -0.39 is 0 Å². The summed E-state index contributed by atoms with van der Waals surface area (Å²) in [6, 6.07) is 0. The average Bonchev–Trinajstić information content (AvgIpc) is 2.03. The number of rotatable bonds is 6. The summed E-state index contributed by atoms with van der Waals surface area (Å²) in [7, 11) is 2.15. The van der Waals surface area contributed by atoms with Crippen molar-refractivity contribution in [2.24, 2.45) is 11.7 Å². The van der Waals surface area contributed by atoms with Crippen molar-refractivity contribution in [1.82, 2.24) is 4.90 Å². The van der Waals surface area contributed by atoms with Gasteiger partial charge in [-0.2, -0.15) is 0 Å². The van der Waals surface area contributed by atoms with Crippen LogP contribution in [0.15, 0.2) is 0 Å². The summed E-state index contributed by atoms with van der Waals surface area (Å²) >= 11 is 0. The van der Waals surface area contributed by atoms with Crippen molar-refractivity contribution in [2.45, 2.75) is 26.7 Å². The largest absolute Gasteiger partial charge is 0.330 e. The third kappa shape index (κ3) is 5.22. The van der Waals surface area contributed by atoms with Gasteiger partial charge in [0, 0.05) is 6.54 Å². The summed E-state index contributed by atoms with van der Waals surface area (Å²) in [6.45, 7) is 7.51. The lowest BCUT2D eigenvalue weighted by Crippen LogP contribution is -2.29. The normalized spacial score (nSPS) is 13.9. The predicted molar refractivity (Wildman–Crippen MR) is 50.6 cm³/mol. The van der Waals surface area contributed by atoms with Gasteiger partial charge in [-0.15, -0.1) is 0 Å². The fourth-order valence-corrected chi connectivity index (χ4v) is 1.26. The van der Waals surface area contributed by atoms with Gasteiger partial charge in [0.1, 0.15) is 0 Å². The summed E-state index contributed by atoms with van der Waals surface area (Å²) in [4.78, 5) is 2.33. The molecule has 0 aromatic heterocycles. The Bertz CT molecular complexity index is 83.6. The first-order valence-electron chi connectivity index (χ1n) is 4.63. The van der Waals surface area contributed by atoms with Crippen molar-refractivity contribution >= 4 is 0 Å². The monoisotopic (exact) mass is 158 g/mol. The van der Waals surface area contributed by atoms with Gasteiger partial charge in [-0.3, -0.25) is 0 Å². The van der Waals surface area contributed by atoms with E-state index in [0.29, 0.717) is 5.92 Å². The van der Waals surface area contributed by atoms with Crippen molar-refractivity contribution in [3.63, 3.8) is 0 Å². The smallest absolute Gasteiger partial charge is 0.00185 e. The molecule has 0 saturated heterocycles. The van der Waals surface area contributed by atoms with Gasteiger partial charge in [-0.1, -0.05) is 20.3 Å². The zero-order valence-electron chi connectivity index (χ0n) is 8.14. The van der Waals surface area contributed by atoms with Crippen LogP contribution < -0.4 is 5.73 Å². The Hall–Kier alpha value is -0.0800. The van der Waals surface area contributed by atoms with Crippen LogP contribution in [0.25, 0.3) is 0 Å². The van der Waals surface area contributed by atoms with Crippen LogP contribution in [0, 0.1) is 5.92 Å². The molecule has 0 radical (unpaired) electrons. The van der Waals surface area contributed by atoms with Gasteiger partial charge in [-0.25, -0.2) is 0 Å². The van der Waals surface area contributed by atoms with Crippen LogP contribution in [0.3, 0.4) is 0 Å². The number of hydrogen-bond acceptors (Lipinski definition) is 2. The fourth-order valence-electron chi connectivity index (χ4n) is 1.26. The minimum Gasteiger partial charge on any atom is -0.330 e. The lowest BCUT2D eigenvalue weighted by molar-refractivity contribution is 0.281. The van der Waals surface area contributed by atoms with Gasteiger partial charge in [-0.05, 0) is 32.5 Å². The standard InChI is InChI=1S/C9H22N2/c1-4-6-9(7-10)8-11(3)5-2/h9H,4-8,10H2,1-3H3. The highest BCUT2D eigenvalue weighted by molar-refractivity contribution is 4.62. The Morgan fingerprint density at radius 1 is 1.36 bits per heavy atom. The molecule has 0 heterocycles. The van der Waals surface area contributed by atoms with E-state index in [9.17, 15) is 0 Å². The van der Waals surface area contributed by atoms with E-state index in [-0.39, 0.29) is 0 Å². The molecular formula is C9H22N2. The summed E-state index contributed by atoms with van der Waals surface area (Å²) < 4.78 is 0. The molecule has 0 bridgehead atoms. The Balaban J connectivity index is 3.49. The first-order valence-corrected chi connectivity index (χ1v) is 4.63. The predicted octanol–water partition coefficient (Wildman–Crippen LogP) is 1.31. The Morgan fingerprint density at radius 3 is 2.36 bits per heavy atom. The number of hydrogen-bond donors (Lipinski definition) is 1. The van der Waals surface area contributed by atoms with E-state index in [1.165, 1.54) is 12.8 Å². The van der Waals surface area contributed by atoms with E-state index in [1.807, 2.05) is 0 Å². The molecule has 0 aliphatic heterocycles. The molecule has 0 aromatic rings. The van der Waals surface area contributed by atoms with Gasteiger partial charge in [0.2, 0.25) is 0 Å². The molecule has 2 N–H and O–H groups in total. The third-order valence-corrected chi connectivity index (χ3v) is 2.14. The van der Waals surface area contributed by atoms with Crippen molar-refractivity contribution in [1.29, 1.82) is 0 Å². The van der Waals surface area contributed by atoms with Crippen LogP contribution in [0.2, 0.25) is 0 Å². The Morgan fingerprint density at radius 2 is 2.00 bits per heavy atom. The van der Waals surface area contributed by atoms with Gasteiger partial charge >= 0.3 is 0 Å². The topological polar surface area (TPSA) is 29.3 Å². The molecule has 0 saturated carbocycles. The molecule has 2 heteroatoms. The van der Waals surface area contributed by atoms with Crippen molar-refractivity contribution in [3.05, 3.63) is 0 Å². The van der Waals surface area contributed by atoms with E-state index in [0.717, 1.165) is 19.6 Å². The van der Waals surface area contributed by atoms with E-state index in [4.69, 9.17) is 5.73 Å². The zero-order chi connectivity index (χ0) is 8.69. The molecule has 0 spiro atoms. The molecule has 2 nitrogen and oxygen atoms in total. The Kier molecular flexibility index (Phi) is 6.57. The maximum atomic E-state index is 5.64. The first-order chi connectivity index (χ1) is 5.24. The van der Waals surface area contributed by atoms with Crippen molar-refractivity contribution in [3.8, 4) is 0 Å². The molecule has 68 valence electrons. The molecule has 0 aliphatic rings. The first kappa shape index (κ1) is 10.9. The maximum absolute atomic E-state index is 5.64. The summed E-state index contributed by atoms with van der Waals surface area (Å²) in [5.41, 5.74) is 5.64. The van der Waals surface area contributed by atoms with Crippen molar-refractivity contribution in [2.75, 3.05) is 26.7 Å². The lowest BCUT2D eigenvalue weighted by atomic mass is 10.0. The van der Waals surface area contributed by atoms with E-state index in [2.05, 4.69) is 25.8 Å². The molecule has 1 atom stereocenters. The van der Waals surface area contributed by atoms with E-state index >= 15 is 0 Å². The molecule has 0 rings (SSSR count). The minimum absolute atomic E-state index is 0.699. The second-order valence-electron chi connectivity index (χ2n) is 3.25. The second kappa shape index (κ2) is 6.62. The van der Waals surface area contributed by atoms with Crippen LogP contribution in [0.5, 0.6) is 0 Å². The summed E-state index contributed by atoms with van der Waals surface area (Å²) in [5.74, 6) is 0.699. The van der Waals surface area contributed by atoms with Gasteiger partial charge < -0.3 is 10.6 Å². The van der Waals surface area contributed by atoms with Crippen molar-refractivity contribution < 1.29 is 0 Å². The summed E-state index contributed by atoms with van der Waals surface area (Å²) in [5, 5.41) is 0. The highest BCUT2D eigenvalue weighted by Crippen LogP contribution is 2.05. The Labute approximate surface area is 70.8 Å². The average molecular weight is 158 g/mol. The van der Waals surface area contributed by atoms with Crippen LogP contribution >= 0.6 is 0 Å². The third-order valence-electron chi connectivity index (χ3n) is 2.14. The molecule has 0 aliphatic carbocycles. The molecular weight excluding hydrogens is 136 g/mol. The van der Waals surface area contributed by atoms with Gasteiger partial charge in [0.15, 0.2) is 0 Å². The highest BCUT2D eigenvalue weighted by Gasteiger charge is 2.06.